The molecule has 2 nitrogen and oxygen atoms in total. The lowest BCUT2D eigenvalue weighted by atomic mass is 9.77. The lowest BCUT2D eigenvalue weighted by Crippen LogP contribution is -2.42. The summed E-state index contributed by atoms with van der Waals surface area (Å²) in [4.78, 5) is 0. The first-order valence-electron chi connectivity index (χ1n) is 6.35. The van der Waals surface area contributed by atoms with E-state index in [2.05, 4.69) is 37.5 Å². The van der Waals surface area contributed by atoms with Crippen LogP contribution in [0.2, 0.25) is 0 Å². The van der Waals surface area contributed by atoms with Gasteiger partial charge in [0.2, 0.25) is 0 Å². The minimum Gasteiger partial charge on any atom is -0.394 e. The van der Waals surface area contributed by atoms with Gasteiger partial charge in [0.25, 0.3) is 0 Å². The van der Waals surface area contributed by atoms with Crippen molar-refractivity contribution in [3.8, 4) is 0 Å². The predicted octanol–water partition coefficient (Wildman–Crippen LogP) is 3.00. The highest BCUT2D eigenvalue weighted by Gasteiger charge is 2.36. The maximum atomic E-state index is 9.83. The predicted molar refractivity (Wildman–Crippen MR) is 66.6 cm³/mol. The Balaban J connectivity index is 2.35. The van der Waals surface area contributed by atoms with E-state index >= 15 is 0 Å². The quantitative estimate of drug-likeness (QED) is 0.816. The van der Waals surface area contributed by atoms with E-state index in [1.807, 2.05) is 0 Å². The molecule has 1 aliphatic carbocycles. The Labute approximate surface area is 98.3 Å². The molecule has 0 unspecified atom stereocenters. The molecule has 90 valence electrons. The largest absolute Gasteiger partial charge is 0.394 e. The van der Waals surface area contributed by atoms with E-state index in [0.717, 1.165) is 18.8 Å². The van der Waals surface area contributed by atoms with Gasteiger partial charge in [0.05, 0.1) is 12.1 Å². The fourth-order valence-electron chi connectivity index (χ4n) is 3.17. The minimum absolute atomic E-state index is 0.0236. The van der Waals surface area contributed by atoms with Gasteiger partial charge in [-0.05, 0) is 57.6 Å². The zero-order chi connectivity index (χ0) is 11.8. The Morgan fingerprint density at radius 1 is 1.25 bits per heavy atom. The second-order valence-electron chi connectivity index (χ2n) is 5.52. The highest BCUT2D eigenvalue weighted by atomic mass is 16.3. The van der Waals surface area contributed by atoms with Crippen molar-refractivity contribution in [2.24, 2.45) is 5.92 Å². The summed E-state index contributed by atoms with van der Waals surface area (Å²) in [5, 5.41) is 9.83. The zero-order valence-electron chi connectivity index (χ0n) is 10.7. The summed E-state index contributed by atoms with van der Waals surface area (Å²) in [7, 11) is 0. The molecule has 2 rings (SSSR count). The first-order valence-corrected chi connectivity index (χ1v) is 6.35. The summed E-state index contributed by atoms with van der Waals surface area (Å²) in [5.41, 5.74) is 2.53. The summed E-state index contributed by atoms with van der Waals surface area (Å²) in [6.07, 6.45) is 4.69. The molecule has 0 aliphatic heterocycles. The molecule has 2 heteroatoms. The van der Waals surface area contributed by atoms with Crippen LogP contribution in [0.1, 0.15) is 44.0 Å². The van der Waals surface area contributed by atoms with Gasteiger partial charge < -0.3 is 9.67 Å². The molecule has 0 bridgehead atoms. The van der Waals surface area contributed by atoms with Crippen LogP contribution < -0.4 is 0 Å². The third kappa shape index (κ3) is 1.80. The van der Waals surface area contributed by atoms with E-state index in [0.29, 0.717) is 0 Å². The number of aromatic nitrogens is 1. The Kier molecular flexibility index (Phi) is 3.11. The summed E-state index contributed by atoms with van der Waals surface area (Å²) in [5.74, 6) is 0.816. The molecule has 1 heterocycles. The fourth-order valence-corrected chi connectivity index (χ4v) is 3.17. The molecule has 1 aromatic rings. The normalized spacial score (nSPS) is 30.6. The van der Waals surface area contributed by atoms with Crippen molar-refractivity contribution in [2.75, 3.05) is 6.61 Å². The SMILES string of the molecule is Cc1ccc(C)n1C1(CO)CCC(C)CC1. The minimum atomic E-state index is -0.0236. The molecule has 0 amide bonds. The van der Waals surface area contributed by atoms with Crippen LogP contribution in [0.4, 0.5) is 0 Å². The summed E-state index contributed by atoms with van der Waals surface area (Å²) < 4.78 is 2.36. The molecule has 0 aromatic carbocycles. The van der Waals surface area contributed by atoms with Crippen LogP contribution in [0.15, 0.2) is 12.1 Å². The second-order valence-corrected chi connectivity index (χ2v) is 5.52. The molecule has 0 saturated heterocycles. The molecule has 0 spiro atoms. The van der Waals surface area contributed by atoms with E-state index in [9.17, 15) is 5.11 Å². The molecule has 0 radical (unpaired) electrons. The van der Waals surface area contributed by atoms with Crippen molar-refractivity contribution in [3.63, 3.8) is 0 Å². The maximum Gasteiger partial charge on any atom is 0.0675 e. The van der Waals surface area contributed by atoms with E-state index in [-0.39, 0.29) is 12.1 Å². The van der Waals surface area contributed by atoms with Crippen molar-refractivity contribution < 1.29 is 5.11 Å². The van der Waals surface area contributed by atoms with Crippen molar-refractivity contribution in [3.05, 3.63) is 23.5 Å². The van der Waals surface area contributed by atoms with Crippen molar-refractivity contribution in [1.82, 2.24) is 4.57 Å². The monoisotopic (exact) mass is 221 g/mol. The van der Waals surface area contributed by atoms with E-state index in [4.69, 9.17) is 0 Å². The molecule has 0 atom stereocenters. The number of rotatable bonds is 2. The van der Waals surface area contributed by atoms with Crippen LogP contribution in [0.3, 0.4) is 0 Å². The van der Waals surface area contributed by atoms with E-state index in [1.54, 1.807) is 0 Å². The Bertz CT molecular complexity index is 339. The van der Waals surface area contributed by atoms with Crippen LogP contribution in [-0.4, -0.2) is 16.3 Å². The summed E-state index contributed by atoms with van der Waals surface area (Å²) in [6.45, 7) is 6.87. The third-order valence-electron chi connectivity index (χ3n) is 4.24. The van der Waals surface area contributed by atoms with E-state index in [1.165, 1.54) is 24.2 Å². The van der Waals surface area contributed by atoms with Gasteiger partial charge in [-0.2, -0.15) is 0 Å². The second kappa shape index (κ2) is 4.25. The van der Waals surface area contributed by atoms with Gasteiger partial charge >= 0.3 is 0 Å². The summed E-state index contributed by atoms with van der Waals surface area (Å²) in [6, 6.07) is 4.32. The van der Waals surface area contributed by atoms with Gasteiger partial charge in [0.1, 0.15) is 0 Å². The molecule has 1 aliphatic rings. The van der Waals surface area contributed by atoms with E-state index < -0.39 is 0 Å². The van der Waals surface area contributed by atoms with Gasteiger partial charge in [-0.15, -0.1) is 0 Å². The van der Waals surface area contributed by atoms with Gasteiger partial charge in [-0.1, -0.05) is 6.92 Å². The first kappa shape index (κ1) is 11.7. The molecule has 1 fully saturated rings. The topological polar surface area (TPSA) is 25.2 Å². The molecule has 1 saturated carbocycles. The molecule has 1 aromatic heterocycles. The molecule has 1 N–H and O–H groups in total. The van der Waals surface area contributed by atoms with Crippen LogP contribution in [-0.2, 0) is 5.54 Å². The smallest absolute Gasteiger partial charge is 0.0675 e. The van der Waals surface area contributed by atoms with Crippen molar-refractivity contribution in [2.45, 2.75) is 52.0 Å². The van der Waals surface area contributed by atoms with Crippen molar-refractivity contribution in [1.29, 1.82) is 0 Å². The highest BCUT2D eigenvalue weighted by Crippen LogP contribution is 2.39. The Morgan fingerprint density at radius 2 is 1.75 bits per heavy atom. The van der Waals surface area contributed by atoms with Crippen LogP contribution in [0.25, 0.3) is 0 Å². The average Bonchev–Trinajstić information content (AvgIpc) is 2.62. The molecular weight excluding hydrogens is 198 g/mol. The number of aliphatic hydroxyl groups excluding tert-OH is 1. The Hall–Kier alpha value is -0.760. The van der Waals surface area contributed by atoms with Crippen LogP contribution in [0, 0.1) is 19.8 Å². The van der Waals surface area contributed by atoms with Gasteiger partial charge in [0, 0.05) is 11.4 Å². The lowest BCUT2D eigenvalue weighted by Gasteiger charge is -2.41. The number of nitrogens with zero attached hydrogens (tertiary/aromatic N) is 1. The Morgan fingerprint density at radius 3 is 2.19 bits per heavy atom. The number of aryl methyl sites for hydroxylation is 2. The molecule has 16 heavy (non-hydrogen) atoms. The summed E-state index contributed by atoms with van der Waals surface area (Å²) >= 11 is 0. The number of hydrogen-bond acceptors (Lipinski definition) is 1. The van der Waals surface area contributed by atoms with Gasteiger partial charge in [-0.25, -0.2) is 0 Å². The number of hydrogen-bond donors (Lipinski definition) is 1. The third-order valence-corrected chi connectivity index (χ3v) is 4.24. The van der Waals surface area contributed by atoms with Crippen LogP contribution >= 0.6 is 0 Å². The molecular formula is C14H23NO. The van der Waals surface area contributed by atoms with Crippen LogP contribution in [0.5, 0.6) is 0 Å². The average molecular weight is 221 g/mol. The van der Waals surface area contributed by atoms with Gasteiger partial charge in [0.15, 0.2) is 0 Å². The lowest BCUT2D eigenvalue weighted by molar-refractivity contribution is 0.0729. The highest BCUT2D eigenvalue weighted by molar-refractivity contribution is 5.18. The van der Waals surface area contributed by atoms with Crippen molar-refractivity contribution >= 4 is 0 Å². The fraction of sp³-hybridized carbons (Fsp3) is 0.714. The number of aliphatic hydroxyl groups is 1. The zero-order valence-corrected chi connectivity index (χ0v) is 10.7. The standard InChI is InChI=1S/C14H23NO/c1-11-6-8-14(10-16,9-7-11)15-12(2)4-5-13(15)3/h4-5,11,16H,6-10H2,1-3H3. The maximum absolute atomic E-state index is 9.83. The first-order chi connectivity index (χ1) is 7.59. The van der Waals surface area contributed by atoms with Gasteiger partial charge in [-0.3, -0.25) is 0 Å².